The van der Waals surface area contributed by atoms with Crippen molar-refractivity contribution in [1.29, 1.82) is 0 Å². The summed E-state index contributed by atoms with van der Waals surface area (Å²) in [6, 6.07) is 9.06. The van der Waals surface area contributed by atoms with Crippen LogP contribution in [0.4, 0.5) is 0 Å². The molecule has 2 aromatic rings. The molecule has 3 rings (SSSR count). The number of para-hydroxylation sites is 1. The van der Waals surface area contributed by atoms with Gasteiger partial charge in [0.1, 0.15) is 5.56 Å². The van der Waals surface area contributed by atoms with Crippen molar-refractivity contribution in [2.24, 2.45) is 0 Å². The minimum atomic E-state index is -0.356. The highest BCUT2D eigenvalue weighted by Crippen LogP contribution is 2.10. The van der Waals surface area contributed by atoms with E-state index < -0.39 is 0 Å². The molecular formula is C16H18ClN3O2. The monoisotopic (exact) mass is 319 g/mol. The molecule has 5 nitrogen and oxygen atoms in total. The number of amides is 1. The van der Waals surface area contributed by atoms with Crippen molar-refractivity contribution in [3.8, 4) is 0 Å². The fourth-order valence-electron chi connectivity index (χ4n) is 2.44. The molecule has 22 heavy (non-hydrogen) atoms. The summed E-state index contributed by atoms with van der Waals surface area (Å²) < 4.78 is 0. The Balaban J connectivity index is 0.00000176. The van der Waals surface area contributed by atoms with E-state index in [9.17, 15) is 9.59 Å². The van der Waals surface area contributed by atoms with Crippen molar-refractivity contribution >= 4 is 29.2 Å². The van der Waals surface area contributed by atoms with Crippen molar-refractivity contribution in [3.63, 3.8) is 0 Å². The first kappa shape index (κ1) is 16.3. The lowest BCUT2D eigenvalue weighted by molar-refractivity contribution is 0.0955. The van der Waals surface area contributed by atoms with Crippen LogP contribution in [-0.4, -0.2) is 30.5 Å². The number of halogens is 1. The Labute approximate surface area is 134 Å². The van der Waals surface area contributed by atoms with Gasteiger partial charge >= 0.3 is 0 Å². The van der Waals surface area contributed by atoms with Gasteiger partial charge in [0.25, 0.3) is 11.5 Å². The van der Waals surface area contributed by atoms with Gasteiger partial charge in [-0.05, 0) is 30.5 Å². The predicted octanol–water partition coefficient (Wildman–Crippen LogP) is 1.60. The average Bonchev–Trinajstić information content (AvgIpc) is 2.53. The highest BCUT2D eigenvalue weighted by atomic mass is 35.5. The van der Waals surface area contributed by atoms with Crippen molar-refractivity contribution in [1.82, 2.24) is 15.6 Å². The number of H-pyrrole nitrogens is 1. The van der Waals surface area contributed by atoms with Crippen LogP contribution in [0.5, 0.6) is 0 Å². The van der Waals surface area contributed by atoms with Crippen LogP contribution in [0, 0.1) is 0 Å². The third-order valence-electron chi connectivity index (χ3n) is 3.63. The van der Waals surface area contributed by atoms with E-state index in [1.54, 1.807) is 6.07 Å². The molecule has 0 fully saturated rings. The van der Waals surface area contributed by atoms with Crippen LogP contribution in [0.25, 0.3) is 10.9 Å². The van der Waals surface area contributed by atoms with E-state index in [-0.39, 0.29) is 29.4 Å². The molecule has 2 heterocycles. The molecule has 116 valence electrons. The number of fused-ring (bicyclic) bond motifs is 1. The van der Waals surface area contributed by atoms with Gasteiger partial charge in [-0.1, -0.05) is 29.8 Å². The van der Waals surface area contributed by atoms with Crippen molar-refractivity contribution in [2.45, 2.75) is 6.42 Å². The molecule has 1 amide bonds. The van der Waals surface area contributed by atoms with Crippen LogP contribution in [-0.2, 0) is 0 Å². The Kier molecular flexibility index (Phi) is 5.35. The Hall–Kier alpha value is -2.11. The SMILES string of the molecule is Cl.O=C(NCC1=CCNCC1)c1cc2ccccc2[nH]c1=O. The summed E-state index contributed by atoms with van der Waals surface area (Å²) in [6.45, 7) is 2.26. The largest absolute Gasteiger partial charge is 0.348 e. The zero-order valence-corrected chi connectivity index (χ0v) is 12.8. The van der Waals surface area contributed by atoms with E-state index in [1.165, 1.54) is 5.57 Å². The number of aromatic amines is 1. The second-order valence-corrected chi connectivity index (χ2v) is 5.10. The van der Waals surface area contributed by atoms with Gasteiger partial charge < -0.3 is 15.6 Å². The van der Waals surface area contributed by atoms with E-state index >= 15 is 0 Å². The van der Waals surface area contributed by atoms with E-state index in [1.807, 2.05) is 24.3 Å². The summed E-state index contributed by atoms with van der Waals surface area (Å²) >= 11 is 0. The highest BCUT2D eigenvalue weighted by Gasteiger charge is 2.12. The molecule has 1 aromatic carbocycles. The van der Waals surface area contributed by atoms with Crippen LogP contribution < -0.4 is 16.2 Å². The van der Waals surface area contributed by atoms with Crippen LogP contribution in [0.3, 0.4) is 0 Å². The molecule has 3 N–H and O–H groups in total. The van der Waals surface area contributed by atoms with Gasteiger partial charge in [-0.25, -0.2) is 0 Å². The first-order valence-electron chi connectivity index (χ1n) is 7.03. The normalized spacial score (nSPS) is 14.1. The number of rotatable bonds is 3. The molecule has 6 heteroatoms. The Morgan fingerprint density at radius 1 is 1.27 bits per heavy atom. The molecule has 0 radical (unpaired) electrons. The minimum Gasteiger partial charge on any atom is -0.348 e. The van der Waals surface area contributed by atoms with Crippen LogP contribution in [0.15, 0.2) is 46.8 Å². The maximum atomic E-state index is 12.2. The molecule has 0 saturated heterocycles. The topological polar surface area (TPSA) is 74.0 Å². The molecule has 0 aliphatic carbocycles. The molecule has 0 unspecified atom stereocenters. The molecule has 0 spiro atoms. The smallest absolute Gasteiger partial charge is 0.261 e. The third kappa shape index (κ3) is 3.55. The van der Waals surface area contributed by atoms with Crippen molar-refractivity contribution < 1.29 is 4.79 Å². The molecule has 1 aliphatic heterocycles. The fraction of sp³-hybridized carbons (Fsp3) is 0.250. The van der Waals surface area contributed by atoms with Gasteiger partial charge in [0.05, 0.1) is 0 Å². The van der Waals surface area contributed by atoms with Gasteiger partial charge in [-0.3, -0.25) is 9.59 Å². The number of carbonyl (C=O) groups excluding carboxylic acids is 1. The lowest BCUT2D eigenvalue weighted by Gasteiger charge is -2.14. The lowest BCUT2D eigenvalue weighted by Crippen LogP contribution is -2.32. The predicted molar refractivity (Wildman–Crippen MR) is 89.7 cm³/mol. The van der Waals surface area contributed by atoms with Crippen molar-refractivity contribution in [2.75, 3.05) is 19.6 Å². The molecule has 0 bridgehead atoms. The summed E-state index contributed by atoms with van der Waals surface area (Å²) in [7, 11) is 0. The summed E-state index contributed by atoms with van der Waals surface area (Å²) in [4.78, 5) is 26.9. The molecule has 1 aromatic heterocycles. The van der Waals surface area contributed by atoms with Gasteiger partial charge in [-0.15, -0.1) is 12.4 Å². The van der Waals surface area contributed by atoms with Gasteiger partial charge in [0.15, 0.2) is 0 Å². The first-order valence-corrected chi connectivity index (χ1v) is 7.03. The molecule has 0 atom stereocenters. The number of carbonyl (C=O) groups is 1. The number of hydrogen-bond donors (Lipinski definition) is 3. The number of nitrogens with one attached hydrogen (secondary N) is 3. The fourth-order valence-corrected chi connectivity index (χ4v) is 2.44. The molecular weight excluding hydrogens is 302 g/mol. The van der Waals surface area contributed by atoms with Gasteiger partial charge in [0.2, 0.25) is 0 Å². The van der Waals surface area contributed by atoms with E-state index in [4.69, 9.17) is 0 Å². The number of pyridine rings is 1. The summed E-state index contributed by atoms with van der Waals surface area (Å²) in [5, 5.41) is 6.89. The van der Waals surface area contributed by atoms with Gasteiger partial charge in [-0.2, -0.15) is 0 Å². The van der Waals surface area contributed by atoms with Crippen LogP contribution in [0.1, 0.15) is 16.8 Å². The first-order chi connectivity index (χ1) is 10.2. The average molecular weight is 320 g/mol. The standard InChI is InChI=1S/C16H17N3O2.ClH/c20-15(18-10-11-5-7-17-8-6-11)13-9-12-3-1-2-4-14(12)19-16(13)21;/h1-5,9,17H,6-8,10H2,(H,18,20)(H,19,21);1H. The quantitative estimate of drug-likeness (QED) is 0.752. The maximum Gasteiger partial charge on any atom is 0.261 e. The van der Waals surface area contributed by atoms with E-state index in [0.717, 1.165) is 30.4 Å². The second kappa shape index (κ2) is 7.24. The molecule has 0 saturated carbocycles. The summed E-state index contributed by atoms with van der Waals surface area (Å²) in [6.07, 6.45) is 3.00. The van der Waals surface area contributed by atoms with Crippen LogP contribution in [0.2, 0.25) is 0 Å². The Morgan fingerprint density at radius 3 is 2.86 bits per heavy atom. The minimum absolute atomic E-state index is 0. The van der Waals surface area contributed by atoms with E-state index in [0.29, 0.717) is 6.54 Å². The second-order valence-electron chi connectivity index (χ2n) is 5.10. The van der Waals surface area contributed by atoms with E-state index in [2.05, 4.69) is 21.7 Å². The Bertz CT molecular complexity index is 767. The third-order valence-corrected chi connectivity index (χ3v) is 3.63. The molecule has 1 aliphatic rings. The number of aromatic nitrogens is 1. The lowest BCUT2D eigenvalue weighted by atomic mass is 10.1. The Morgan fingerprint density at radius 2 is 2.09 bits per heavy atom. The van der Waals surface area contributed by atoms with Crippen molar-refractivity contribution in [3.05, 3.63) is 57.9 Å². The zero-order chi connectivity index (χ0) is 14.7. The number of hydrogen-bond acceptors (Lipinski definition) is 3. The zero-order valence-electron chi connectivity index (χ0n) is 12.0. The summed E-state index contributed by atoms with van der Waals surface area (Å²) in [5.41, 5.74) is 1.73. The highest BCUT2D eigenvalue weighted by molar-refractivity contribution is 5.97. The van der Waals surface area contributed by atoms with Crippen LogP contribution >= 0.6 is 12.4 Å². The summed E-state index contributed by atoms with van der Waals surface area (Å²) in [5.74, 6) is -0.332. The van der Waals surface area contributed by atoms with Gasteiger partial charge in [0, 0.05) is 18.6 Å². The number of benzene rings is 1. The maximum absolute atomic E-state index is 12.2.